The summed E-state index contributed by atoms with van der Waals surface area (Å²) in [4.78, 5) is 13.5. The van der Waals surface area contributed by atoms with Crippen LogP contribution >= 0.6 is 15.9 Å². The summed E-state index contributed by atoms with van der Waals surface area (Å²) >= 11 is 3.34. The average molecular weight is 300 g/mol. The number of rotatable bonds is 2. The number of likely N-dealkylation sites (tertiary alicyclic amines) is 1. The quantitative estimate of drug-likeness (QED) is 0.793. The van der Waals surface area contributed by atoms with Crippen molar-refractivity contribution in [1.82, 2.24) is 4.90 Å². The number of alkyl halides is 1. The van der Waals surface area contributed by atoms with Crippen molar-refractivity contribution in [3.05, 3.63) is 35.4 Å². The summed E-state index contributed by atoms with van der Waals surface area (Å²) in [5.74, 6) is -0.151. The summed E-state index contributed by atoms with van der Waals surface area (Å²) in [5, 5.41) is 19.5. The summed E-state index contributed by atoms with van der Waals surface area (Å²) in [6.07, 6.45) is -1.67. The Hall–Kier alpha value is -0.910. The van der Waals surface area contributed by atoms with Gasteiger partial charge in [-0.3, -0.25) is 4.79 Å². The molecule has 0 aliphatic carbocycles. The van der Waals surface area contributed by atoms with Gasteiger partial charge in [0.25, 0.3) is 5.91 Å². The van der Waals surface area contributed by atoms with Crippen LogP contribution < -0.4 is 0 Å². The molecule has 2 rings (SSSR count). The molecule has 0 radical (unpaired) electrons. The predicted octanol–water partition coefficient (Wildman–Crippen LogP) is 0.759. The molecule has 1 saturated heterocycles. The molecule has 1 aromatic carbocycles. The number of carbonyl (C=O) groups is 1. The van der Waals surface area contributed by atoms with Crippen molar-refractivity contribution < 1.29 is 15.0 Å². The molecule has 0 aromatic heterocycles. The topological polar surface area (TPSA) is 60.8 Å². The van der Waals surface area contributed by atoms with Crippen LogP contribution in [0, 0.1) is 0 Å². The number of hydrogen-bond acceptors (Lipinski definition) is 3. The van der Waals surface area contributed by atoms with Gasteiger partial charge in [0.1, 0.15) is 0 Å². The summed E-state index contributed by atoms with van der Waals surface area (Å²) in [7, 11) is 0. The molecule has 5 heteroatoms. The van der Waals surface area contributed by atoms with Crippen molar-refractivity contribution in [2.45, 2.75) is 17.5 Å². The molecule has 2 N–H and O–H groups in total. The maximum absolute atomic E-state index is 12.0. The number of benzene rings is 1. The lowest BCUT2D eigenvalue weighted by Crippen LogP contribution is -2.29. The Bertz CT molecular complexity index is 397. The molecule has 0 unspecified atom stereocenters. The molecule has 4 nitrogen and oxygen atoms in total. The minimum Gasteiger partial charge on any atom is -0.388 e. The van der Waals surface area contributed by atoms with E-state index in [9.17, 15) is 15.0 Å². The van der Waals surface area contributed by atoms with E-state index in [0.717, 1.165) is 10.9 Å². The number of aliphatic hydroxyl groups is 2. The minimum absolute atomic E-state index is 0.151. The number of amides is 1. The van der Waals surface area contributed by atoms with Gasteiger partial charge in [-0.25, -0.2) is 0 Å². The summed E-state index contributed by atoms with van der Waals surface area (Å²) in [6.45, 7) is 0.389. The fraction of sp³-hybridized carbons (Fsp3) is 0.417. The van der Waals surface area contributed by atoms with Crippen LogP contribution in [0.25, 0.3) is 0 Å². The number of aliphatic hydroxyl groups excluding tert-OH is 2. The van der Waals surface area contributed by atoms with E-state index in [4.69, 9.17) is 0 Å². The zero-order chi connectivity index (χ0) is 12.4. The SMILES string of the molecule is O=C(c1ccc(CBr)cc1)N1C[C@@H](O)[C@@H](O)C1. The van der Waals surface area contributed by atoms with Gasteiger partial charge in [-0.05, 0) is 17.7 Å². The third-order valence-corrected chi connectivity index (χ3v) is 3.55. The molecule has 0 spiro atoms. The van der Waals surface area contributed by atoms with Crippen LogP contribution in [0.5, 0.6) is 0 Å². The molecule has 0 saturated carbocycles. The molecule has 0 bridgehead atoms. The van der Waals surface area contributed by atoms with Crippen LogP contribution in [-0.2, 0) is 5.33 Å². The van der Waals surface area contributed by atoms with Crippen molar-refractivity contribution in [3.8, 4) is 0 Å². The van der Waals surface area contributed by atoms with Gasteiger partial charge >= 0.3 is 0 Å². The molecular weight excluding hydrogens is 286 g/mol. The number of halogens is 1. The molecule has 2 atom stereocenters. The van der Waals surface area contributed by atoms with Crippen molar-refractivity contribution in [2.24, 2.45) is 0 Å². The van der Waals surface area contributed by atoms with Crippen LogP contribution in [0.1, 0.15) is 15.9 Å². The highest BCUT2D eigenvalue weighted by atomic mass is 79.9. The second-order valence-corrected chi connectivity index (χ2v) is 4.74. The average Bonchev–Trinajstić information content (AvgIpc) is 2.69. The van der Waals surface area contributed by atoms with E-state index in [0.29, 0.717) is 5.56 Å². The smallest absolute Gasteiger partial charge is 0.254 e. The molecule has 1 aromatic rings. The molecule has 1 aliphatic rings. The normalized spacial score (nSPS) is 24.1. The summed E-state index contributed by atoms with van der Waals surface area (Å²) < 4.78 is 0. The number of hydrogen-bond donors (Lipinski definition) is 2. The van der Waals surface area contributed by atoms with Crippen molar-refractivity contribution in [3.63, 3.8) is 0 Å². The lowest BCUT2D eigenvalue weighted by molar-refractivity contribution is 0.0572. The third-order valence-electron chi connectivity index (χ3n) is 2.90. The van der Waals surface area contributed by atoms with Crippen LogP contribution in [0.4, 0.5) is 0 Å². The first-order valence-corrected chi connectivity index (χ1v) is 6.54. The highest BCUT2D eigenvalue weighted by Gasteiger charge is 2.32. The van der Waals surface area contributed by atoms with Gasteiger partial charge in [0.05, 0.1) is 12.2 Å². The Morgan fingerprint density at radius 1 is 1.24 bits per heavy atom. The molecule has 1 amide bonds. The zero-order valence-corrected chi connectivity index (χ0v) is 10.8. The van der Waals surface area contributed by atoms with Crippen molar-refractivity contribution in [1.29, 1.82) is 0 Å². The Labute approximate surface area is 108 Å². The zero-order valence-electron chi connectivity index (χ0n) is 9.21. The van der Waals surface area contributed by atoms with E-state index in [2.05, 4.69) is 15.9 Å². The van der Waals surface area contributed by atoms with Crippen LogP contribution in [0.15, 0.2) is 24.3 Å². The van der Waals surface area contributed by atoms with Gasteiger partial charge < -0.3 is 15.1 Å². The number of nitrogens with zero attached hydrogens (tertiary/aromatic N) is 1. The van der Waals surface area contributed by atoms with Gasteiger partial charge in [0, 0.05) is 24.0 Å². The van der Waals surface area contributed by atoms with Gasteiger partial charge in [0.15, 0.2) is 0 Å². The van der Waals surface area contributed by atoms with Crippen LogP contribution in [0.2, 0.25) is 0 Å². The van der Waals surface area contributed by atoms with Gasteiger partial charge in [0.2, 0.25) is 0 Å². The second-order valence-electron chi connectivity index (χ2n) is 4.18. The first-order valence-electron chi connectivity index (χ1n) is 5.42. The van der Waals surface area contributed by atoms with Gasteiger partial charge in [-0.15, -0.1) is 0 Å². The Balaban J connectivity index is 2.09. The molecule has 92 valence electrons. The second kappa shape index (κ2) is 5.16. The molecule has 1 aliphatic heterocycles. The summed E-state index contributed by atoms with van der Waals surface area (Å²) in [5.41, 5.74) is 1.68. The first-order chi connectivity index (χ1) is 8.11. The fourth-order valence-electron chi connectivity index (χ4n) is 1.85. The van der Waals surface area contributed by atoms with Crippen LogP contribution in [-0.4, -0.2) is 46.3 Å². The van der Waals surface area contributed by atoms with E-state index in [1.54, 1.807) is 12.1 Å². The number of β-amino-alcohol motifs (C(OH)–C–C–N with tert-alkyl or cyclic N) is 2. The first kappa shape index (κ1) is 12.5. The highest BCUT2D eigenvalue weighted by Crippen LogP contribution is 2.15. The van der Waals surface area contributed by atoms with E-state index in [-0.39, 0.29) is 19.0 Å². The van der Waals surface area contributed by atoms with Crippen molar-refractivity contribution in [2.75, 3.05) is 13.1 Å². The van der Waals surface area contributed by atoms with Gasteiger partial charge in [-0.1, -0.05) is 28.1 Å². The van der Waals surface area contributed by atoms with Crippen molar-refractivity contribution >= 4 is 21.8 Å². The fourth-order valence-corrected chi connectivity index (χ4v) is 2.23. The molecule has 1 fully saturated rings. The van der Waals surface area contributed by atoms with E-state index in [1.807, 2.05) is 12.1 Å². The van der Waals surface area contributed by atoms with E-state index in [1.165, 1.54) is 4.90 Å². The van der Waals surface area contributed by atoms with E-state index >= 15 is 0 Å². The molecular formula is C12H14BrNO3. The van der Waals surface area contributed by atoms with Gasteiger partial charge in [-0.2, -0.15) is 0 Å². The lowest BCUT2D eigenvalue weighted by Gasteiger charge is -2.15. The Morgan fingerprint density at radius 2 is 1.76 bits per heavy atom. The monoisotopic (exact) mass is 299 g/mol. The maximum Gasteiger partial charge on any atom is 0.254 e. The molecule has 1 heterocycles. The Morgan fingerprint density at radius 3 is 2.24 bits per heavy atom. The largest absolute Gasteiger partial charge is 0.388 e. The molecule has 17 heavy (non-hydrogen) atoms. The minimum atomic E-state index is -0.833. The number of carbonyl (C=O) groups excluding carboxylic acids is 1. The highest BCUT2D eigenvalue weighted by molar-refractivity contribution is 9.08. The standard InChI is InChI=1S/C12H14BrNO3/c13-5-8-1-3-9(4-2-8)12(17)14-6-10(15)11(16)7-14/h1-4,10-11,15-16H,5-7H2/t10-,11+. The Kier molecular flexibility index (Phi) is 3.81. The maximum atomic E-state index is 12.0. The summed E-state index contributed by atoms with van der Waals surface area (Å²) in [6, 6.07) is 7.28. The third kappa shape index (κ3) is 2.68. The lowest BCUT2D eigenvalue weighted by atomic mass is 10.1. The predicted molar refractivity (Wildman–Crippen MR) is 67.0 cm³/mol. The van der Waals surface area contributed by atoms with E-state index < -0.39 is 12.2 Å². The van der Waals surface area contributed by atoms with Crippen LogP contribution in [0.3, 0.4) is 0 Å².